The monoisotopic (exact) mass is 497 g/mol. The molecular weight excluding hydrogens is 457 g/mol. The predicted octanol–water partition coefficient (Wildman–Crippen LogP) is 1.19. The van der Waals surface area contributed by atoms with Crippen LogP contribution in [0.15, 0.2) is 4.99 Å². The minimum atomic E-state index is 0. The van der Waals surface area contributed by atoms with Crippen LogP contribution in [0.4, 0.5) is 0 Å². The van der Waals surface area contributed by atoms with Gasteiger partial charge < -0.3 is 29.5 Å². The molecule has 0 spiro atoms. The summed E-state index contributed by atoms with van der Waals surface area (Å²) >= 11 is 0. The van der Waals surface area contributed by atoms with E-state index in [0.29, 0.717) is 19.1 Å². The van der Waals surface area contributed by atoms with E-state index in [-0.39, 0.29) is 24.0 Å². The molecule has 0 bridgehead atoms. The van der Waals surface area contributed by atoms with Crippen LogP contribution >= 0.6 is 24.0 Å². The first-order chi connectivity index (χ1) is 12.7. The normalized spacial score (nSPS) is 22.6. The zero-order valence-electron chi connectivity index (χ0n) is 17.5. The number of nitrogens with one attached hydrogen (secondary N) is 1. The summed E-state index contributed by atoms with van der Waals surface area (Å²) in [7, 11) is 3.93. The quantitative estimate of drug-likeness (QED) is 0.224. The van der Waals surface area contributed by atoms with Crippen LogP contribution in [-0.4, -0.2) is 114 Å². The number of guanidine groups is 1. The van der Waals surface area contributed by atoms with Gasteiger partial charge in [0.15, 0.2) is 5.96 Å². The number of likely N-dealkylation sites (N-methyl/N-ethyl adjacent to an activating group) is 1. The highest BCUT2D eigenvalue weighted by molar-refractivity contribution is 14.0. The first-order valence-electron chi connectivity index (χ1n) is 10.2. The second-order valence-electron chi connectivity index (χ2n) is 7.40. The molecule has 2 heterocycles. The Kier molecular flexibility index (Phi) is 13.6. The number of rotatable bonds is 9. The lowest BCUT2D eigenvalue weighted by Gasteiger charge is -2.23. The zero-order chi connectivity index (χ0) is 18.6. The molecule has 0 aromatic rings. The van der Waals surface area contributed by atoms with Crippen molar-refractivity contribution in [1.82, 2.24) is 20.0 Å². The van der Waals surface area contributed by atoms with Gasteiger partial charge in [-0.25, -0.2) is 0 Å². The highest BCUT2D eigenvalue weighted by Crippen LogP contribution is 2.16. The van der Waals surface area contributed by atoms with Gasteiger partial charge in [0.1, 0.15) is 0 Å². The van der Waals surface area contributed by atoms with Crippen molar-refractivity contribution in [3.8, 4) is 0 Å². The molecule has 2 saturated heterocycles. The summed E-state index contributed by atoms with van der Waals surface area (Å²) in [6.45, 7) is 14.0. The molecule has 1 atom stereocenters. The van der Waals surface area contributed by atoms with Gasteiger partial charge in [0.25, 0.3) is 0 Å². The molecule has 0 saturated carbocycles. The molecule has 7 nitrogen and oxygen atoms in total. The molecular formula is C19H40IN5O2. The predicted molar refractivity (Wildman–Crippen MR) is 122 cm³/mol. The van der Waals surface area contributed by atoms with Crippen molar-refractivity contribution >= 4 is 29.9 Å². The van der Waals surface area contributed by atoms with Crippen LogP contribution in [0.2, 0.25) is 0 Å². The molecule has 0 aliphatic carbocycles. The Morgan fingerprint density at radius 1 is 1.15 bits per heavy atom. The average molecular weight is 497 g/mol. The number of hydrogen-bond donors (Lipinski definition) is 1. The van der Waals surface area contributed by atoms with Crippen molar-refractivity contribution in [1.29, 1.82) is 0 Å². The van der Waals surface area contributed by atoms with Gasteiger partial charge in [-0.3, -0.25) is 4.99 Å². The molecule has 0 amide bonds. The van der Waals surface area contributed by atoms with E-state index in [9.17, 15) is 0 Å². The highest BCUT2D eigenvalue weighted by Gasteiger charge is 2.25. The van der Waals surface area contributed by atoms with Crippen molar-refractivity contribution in [2.75, 3.05) is 92.9 Å². The summed E-state index contributed by atoms with van der Waals surface area (Å²) in [4.78, 5) is 12.3. The van der Waals surface area contributed by atoms with Gasteiger partial charge in [0.05, 0.1) is 26.4 Å². The van der Waals surface area contributed by atoms with Gasteiger partial charge in [-0.2, -0.15) is 0 Å². The summed E-state index contributed by atoms with van der Waals surface area (Å²) in [6, 6.07) is 0. The molecule has 0 aromatic carbocycles. The fourth-order valence-corrected chi connectivity index (χ4v) is 3.60. The summed E-state index contributed by atoms with van der Waals surface area (Å²) in [6.07, 6.45) is 2.44. The molecule has 1 N–H and O–H groups in total. The molecule has 2 aliphatic rings. The summed E-state index contributed by atoms with van der Waals surface area (Å²) in [5, 5.41) is 3.47. The van der Waals surface area contributed by atoms with Crippen LogP contribution in [0.5, 0.6) is 0 Å². The smallest absolute Gasteiger partial charge is 0.193 e. The van der Waals surface area contributed by atoms with E-state index in [1.54, 1.807) is 7.11 Å². The zero-order valence-corrected chi connectivity index (χ0v) is 19.8. The SMILES string of the molecule is CCNC(=NCCN1CCCN(C)CC1)N1CCC(COCCOC)C1.I. The Hall–Kier alpha value is -0.160. The van der Waals surface area contributed by atoms with Crippen LogP contribution in [-0.2, 0) is 9.47 Å². The number of aliphatic imine (C=N–C) groups is 1. The first kappa shape index (κ1) is 24.9. The maximum atomic E-state index is 5.70. The third-order valence-corrected chi connectivity index (χ3v) is 5.20. The third-order valence-electron chi connectivity index (χ3n) is 5.20. The van der Waals surface area contributed by atoms with Gasteiger partial charge in [-0.15, -0.1) is 24.0 Å². The maximum Gasteiger partial charge on any atom is 0.193 e. The van der Waals surface area contributed by atoms with Crippen LogP contribution in [0, 0.1) is 5.92 Å². The minimum Gasteiger partial charge on any atom is -0.382 e. The number of nitrogens with zero attached hydrogens (tertiary/aromatic N) is 4. The largest absolute Gasteiger partial charge is 0.382 e. The average Bonchev–Trinajstić information content (AvgIpc) is 3.01. The fraction of sp³-hybridized carbons (Fsp3) is 0.947. The van der Waals surface area contributed by atoms with Gasteiger partial charge >= 0.3 is 0 Å². The lowest BCUT2D eigenvalue weighted by atomic mass is 10.1. The summed E-state index contributed by atoms with van der Waals surface area (Å²) in [5.74, 6) is 1.66. The van der Waals surface area contributed by atoms with E-state index >= 15 is 0 Å². The molecule has 0 radical (unpaired) electrons. The molecule has 8 heteroatoms. The van der Waals surface area contributed by atoms with Crippen molar-refractivity contribution in [3.05, 3.63) is 0 Å². The van der Waals surface area contributed by atoms with Crippen molar-refractivity contribution in [2.24, 2.45) is 10.9 Å². The number of ether oxygens (including phenoxy) is 2. The van der Waals surface area contributed by atoms with Gasteiger partial charge in [0.2, 0.25) is 0 Å². The van der Waals surface area contributed by atoms with Crippen LogP contribution in [0.1, 0.15) is 19.8 Å². The van der Waals surface area contributed by atoms with Gasteiger partial charge in [0, 0.05) is 52.3 Å². The fourth-order valence-electron chi connectivity index (χ4n) is 3.60. The Balaban J connectivity index is 0.00000364. The summed E-state index contributed by atoms with van der Waals surface area (Å²) < 4.78 is 10.7. The molecule has 160 valence electrons. The molecule has 2 aliphatic heterocycles. The first-order valence-corrected chi connectivity index (χ1v) is 10.2. The van der Waals surface area contributed by atoms with Crippen LogP contribution < -0.4 is 5.32 Å². The third kappa shape index (κ3) is 9.74. The maximum absolute atomic E-state index is 5.70. The Bertz CT molecular complexity index is 414. The van der Waals surface area contributed by atoms with Crippen molar-refractivity contribution < 1.29 is 9.47 Å². The van der Waals surface area contributed by atoms with E-state index < -0.39 is 0 Å². The Morgan fingerprint density at radius 2 is 2.00 bits per heavy atom. The second kappa shape index (κ2) is 14.8. The van der Waals surface area contributed by atoms with Gasteiger partial charge in [-0.1, -0.05) is 0 Å². The minimum absolute atomic E-state index is 0. The van der Waals surface area contributed by atoms with Gasteiger partial charge in [-0.05, 0) is 39.9 Å². The highest BCUT2D eigenvalue weighted by atomic mass is 127. The van der Waals surface area contributed by atoms with E-state index in [1.165, 1.54) is 32.5 Å². The Morgan fingerprint density at radius 3 is 2.78 bits per heavy atom. The summed E-state index contributed by atoms with van der Waals surface area (Å²) in [5.41, 5.74) is 0. The molecule has 0 aromatic heterocycles. The van der Waals surface area contributed by atoms with Crippen LogP contribution in [0.3, 0.4) is 0 Å². The lowest BCUT2D eigenvalue weighted by molar-refractivity contribution is 0.0536. The second-order valence-corrected chi connectivity index (χ2v) is 7.40. The number of hydrogen-bond acceptors (Lipinski definition) is 5. The molecule has 2 fully saturated rings. The molecule has 2 rings (SSSR count). The van der Waals surface area contributed by atoms with E-state index in [1.807, 2.05) is 0 Å². The number of methoxy groups -OCH3 is 1. The van der Waals surface area contributed by atoms with Crippen LogP contribution in [0.25, 0.3) is 0 Å². The topological polar surface area (TPSA) is 52.6 Å². The van der Waals surface area contributed by atoms with E-state index in [2.05, 4.69) is 34.0 Å². The standard InChI is InChI=1S/C19H39N5O2.HI/c1-4-20-19(21-7-11-23-9-5-8-22(2)12-13-23)24-10-6-18(16-24)17-26-15-14-25-3;/h18H,4-17H2,1-3H3,(H,20,21);1H. The Labute approximate surface area is 182 Å². The van der Waals surface area contributed by atoms with Crippen molar-refractivity contribution in [2.45, 2.75) is 19.8 Å². The van der Waals surface area contributed by atoms with Crippen molar-refractivity contribution in [3.63, 3.8) is 0 Å². The van der Waals surface area contributed by atoms with E-state index in [4.69, 9.17) is 14.5 Å². The number of likely N-dealkylation sites (tertiary alicyclic amines) is 1. The van der Waals surface area contributed by atoms with E-state index in [0.717, 1.165) is 51.8 Å². The number of halogens is 1. The molecule has 27 heavy (non-hydrogen) atoms. The molecule has 1 unspecified atom stereocenters. The lowest BCUT2D eigenvalue weighted by Crippen LogP contribution is -2.41.